The second-order valence-corrected chi connectivity index (χ2v) is 6.07. The van der Waals surface area contributed by atoms with Gasteiger partial charge in [-0.3, -0.25) is 0 Å². The fraction of sp³-hybridized carbons (Fsp3) is 0.500. The number of anilines is 1. The highest BCUT2D eigenvalue weighted by molar-refractivity contribution is 5.48. The van der Waals surface area contributed by atoms with Crippen LogP contribution in [0.25, 0.3) is 0 Å². The average Bonchev–Trinajstić information content (AvgIpc) is 3.02. The lowest BCUT2D eigenvalue weighted by Crippen LogP contribution is -2.29. The Morgan fingerprint density at radius 1 is 1.19 bits per heavy atom. The Labute approximate surface area is 121 Å². The van der Waals surface area contributed by atoms with E-state index in [1.54, 1.807) is 0 Å². The van der Waals surface area contributed by atoms with Gasteiger partial charge in [0, 0.05) is 11.7 Å². The molecule has 2 bridgehead atoms. The second-order valence-electron chi connectivity index (χ2n) is 6.07. The predicted molar refractivity (Wildman–Crippen MR) is 73.3 cm³/mol. The second kappa shape index (κ2) is 5.04. The molecule has 0 spiro atoms. The Morgan fingerprint density at radius 3 is 2.52 bits per heavy atom. The number of hydrogen-bond acceptors (Lipinski definition) is 1. The molecule has 21 heavy (non-hydrogen) atoms. The van der Waals surface area contributed by atoms with Crippen LogP contribution in [-0.2, 0) is 6.18 Å². The maximum atomic E-state index is 13.3. The van der Waals surface area contributed by atoms with Crippen molar-refractivity contribution in [1.29, 1.82) is 0 Å². The van der Waals surface area contributed by atoms with Crippen molar-refractivity contribution in [1.82, 2.24) is 0 Å². The van der Waals surface area contributed by atoms with Gasteiger partial charge in [-0.2, -0.15) is 13.2 Å². The zero-order chi connectivity index (χ0) is 15.2. The molecule has 0 heterocycles. The fourth-order valence-electron chi connectivity index (χ4n) is 3.60. The number of benzene rings is 1. The van der Waals surface area contributed by atoms with Crippen molar-refractivity contribution in [2.24, 2.45) is 17.8 Å². The molecule has 4 atom stereocenters. The number of rotatable bonds is 3. The lowest BCUT2D eigenvalue weighted by Gasteiger charge is -2.27. The topological polar surface area (TPSA) is 12.0 Å². The van der Waals surface area contributed by atoms with Crippen LogP contribution in [0.2, 0.25) is 0 Å². The Balaban J connectivity index is 1.74. The normalized spacial score (nSPS) is 28.9. The maximum absolute atomic E-state index is 13.3. The molecule has 5 heteroatoms. The lowest BCUT2D eigenvalue weighted by molar-refractivity contribution is -0.139. The molecule has 1 saturated carbocycles. The summed E-state index contributed by atoms with van der Waals surface area (Å²) in [6, 6.07) is 3.16. The van der Waals surface area contributed by atoms with Gasteiger partial charge >= 0.3 is 6.18 Å². The molecular formula is C16H17F4N. The standard InChI is InChI=1S/C16H17F4N/c1-9(13-7-10-2-3-11(13)6-10)21-12-4-5-15(17)14(8-12)16(18,19)20/h2-5,8-11,13,21H,6-7H2,1H3. The molecule has 1 fully saturated rings. The van der Waals surface area contributed by atoms with Gasteiger partial charge in [-0.1, -0.05) is 12.2 Å². The minimum Gasteiger partial charge on any atom is -0.382 e. The molecule has 114 valence electrons. The molecular weight excluding hydrogens is 282 g/mol. The molecule has 0 radical (unpaired) electrons. The summed E-state index contributed by atoms with van der Waals surface area (Å²) < 4.78 is 51.4. The molecule has 1 N–H and O–H groups in total. The first-order valence-electron chi connectivity index (χ1n) is 7.16. The van der Waals surface area contributed by atoms with E-state index in [0.717, 1.165) is 25.0 Å². The van der Waals surface area contributed by atoms with E-state index in [0.29, 0.717) is 23.4 Å². The minimum atomic E-state index is -4.67. The van der Waals surface area contributed by atoms with Gasteiger partial charge in [-0.25, -0.2) is 4.39 Å². The third-order valence-corrected chi connectivity index (χ3v) is 4.64. The van der Waals surface area contributed by atoms with E-state index in [4.69, 9.17) is 0 Å². The molecule has 1 aromatic carbocycles. The molecule has 0 aromatic heterocycles. The van der Waals surface area contributed by atoms with Crippen LogP contribution in [0.1, 0.15) is 25.3 Å². The van der Waals surface area contributed by atoms with Crippen LogP contribution in [-0.4, -0.2) is 6.04 Å². The highest BCUT2D eigenvalue weighted by Crippen LogP contribution is 2.45. The van der Waals surface area contributed by atoms with E-state index < -0.39 is 17.6 Å². The zero-order valence-corrected chi connectivity index (χ0v) is 11.6. The molecule has 2 aliphatic carbocycles. The van der Waals surface area contributed by atoms with Crippen LogP contribution in [0, 0.1) is 23.6 Å². The quantitative estimate of drug-likeness (QED) is 0.621. The van der Waals surface area contributed by atoms with Gasteiger partial charge in [0.25, 0.3) is 0 Å². The number of halogens is 4. The van der Waals surface area contributed by atoms with Crippen molar-refractivity contribution in [2.75, 3.05) is 5.32 Å². The van der Waals surface area contributed by atoms with Crippen LogP contribution in [0.15, 0.2) is 30.4 Å². The van der Waals surface area contributed by atoms with Gasteiger partial charge < -0.3 is 5.32 Å². The molecule has 3 rings (SSSR count). The maximum Gasteiger partial charge on any atom is 0.419 e. The Kier molecular flexibility index (Phi) is 3.46. The summed E-state index contributed by atoms with van der Waals surface area (Å²) in [5.41, 5.74) is -0.893. The number of alkyl halides is 3. The predicted octanol–water partition coefficient (Wildman–Crippen LogP) is 4.86. The summed E-state index contributed by atoms with van der Waals surface area (Å²) in [5, 5.41) is 3.11. The number of nitrogens with one attached hydrogen (secondary N) is 1. The van der Waals surface area contributed by atoms with Crippen molar-refractivity contribution in [3.05, 3.63) is 41.7 Å². The smallest absolute Gasteiger partial charge is 0.382 e. The molecule has 4 unspecified atom stereocenters. The Morgan fingerprint density at radius 2 is 1.95 bits per heavy atom. The van der Waals surface area contributed by atoms with Crippen LogP contribution >= 0.6 is 0 Å². The number of hydrogen-bond donors (Lipinski definition) is 1. The molecule has 0 saturated heterocycles. The molecule has 1 aromatic rings. The Hall–Kier alpha value is -1.52. The van der Waals surface area contributed by atoms with Crippen molar-refractivity contribution < 1.29 is 17.6 Å². The van der Waals surface area contributed by atoms with Gasteiger partial charge in [0.05, 0.1) is 5.56 Å². The first-order chi connectivity index (χ1) is 9.84. The largest absolute Gasteiger partial charge is 0.419 e. The summed E-state index contributed by atoms with van der Waals surface area (Å²) in [6.07, 6.45) is 1.99. The Bertz CT molecular complexity index is 564. The van der Waals surface area contributed by atoms with Crippen LogP contribution in [0.5, 0.6) is 0 Å². The van der Waals surface area contributed by atoms with E-state index in [9.17, 15) is 17.6 Å². The van der Waals surface area contributed by atoms with Gasteiger partial charge in [-0.15, -0.1) is 0 Å². The monoisotopic (exact) mass is 299 g/mol. The van der Waals surface area contributed by atoms with Crippen LogP contribution < -0.4 is 5.32 Å². The zero-order valence-electron chi connectivity index (χ0n) is 11.6. The van der Waals surface area contributed by atoms with E-state index in [1.165, 1.54) is 6.07 Å². The van der Waals surface area contributed by atoms with E-state index in [-0.39, 0.29) is 6.04 Å². The summed E-state index contributed by atoms with van der Waals surface area (Å²) >= 11 is 0. The molecule has 0 aliphatic heterocycles. The van der Waals surface area contributed by atoms with E-state index in [1.807, 2.05) is 6.92 Å². The molecule has 2 aliphatic rings. The van der Waals surface area contributed by atoms with Crippen molar-refractivity contribution in [3.63, 3.8) is 0 Å². The van der Waals surface area contributed by atoms with Gasteiger partial charge in [-0.05, 0) is 55.7 Å². The van der Waals surface area contributed by atoms with Gasteiger partial charge in [0.2, 0.25) is 0 Å². The van der Waals surface area contributed by atoms with E-state index >= 15 is 0 Å². The highest BCUT2D eigenvalue weighted by Gasteiger charge is 2.39. The van der Waals surface area contributed by atoms with Gasteiger partial charge in [0.15, 0.2) is 0 Å². The highest BCUT2D eigenvalue weighted by atomic mass is 19.4. The lowest BCUT2D eigenvalue weighted by atomic mass is 9.87. The number of fused-ring (bicyclic) bond motifs is 2. The average molecular weight is 299 g/mol. The van der Waals surface area contributed by atoms with Crippen molar-refractivity contribution in [3.8, 4) is 0 Å². The van der Waals surface area contributed by atoms with Gasteiger partial charge in [0.1, 0.15) is 5.82 Å². The fourth-order valence-corrected chi connectivity index (χ4v) is 3.60. The molecule has 1 nitrogen and oxygen atoms in total. The van der Waals surface area contributed by atoms with Crippen LogP contribution in [0.4, 0.5) is 23.2 Å². The summed E-state index contributed by atoms with van der Waals surface area (Å²) in [7, 11) is 0. The summed E-state index contributed by atoms with van der Waals surface area (Å²) in [6.45, 7) is 1.98. The number of allylic oxidation sites excluding steroid dienone is 2. The third kappa shape index (κ3) is 2.78. The van der Waals surface area contributed by atoms with E-state index in [2.05, 4.69) is 17.5 Å². The summed E-state index contributed by atoms with van der Waals surface area (Å²) in [5.74, 6) is 0.325. The summed E-state index contributed by atoms with van der Waals surface area (Å²) in [4.78, 5) is 0. The third-order valence-electron chi connectivity index (χ3n) is 4.64. The van der Waals surface area contributed by atoms with Crippen LogP contribution in [0.3, 0.4) is 0 Å². The van der Waals surface area contributed by atoms with Crippen molar-refractivity contribution >= 4 is 5.69 Å². The SMILES string of the molecule is CC(Nc1ccc(F)c(C(F)(F)F)c1)C1CC2C=CC1C2. The first-order valence-corrected chi connectivity index (χ1v) is 7.16. The first kappa shape index (κ1) is 14.4. The molecule has 0 amide bonds. The van der Waals surface area contributed by atoms with Crippen molar-refractivity contribution in [2.45, 2.75) is 32.0 Å². The minimum absolute atomic E-state index is 0.0662.